The normalized spacial score (nSPS) is 23.3. The van der Waals surface area contributed by atoms with Gasteiger partial charge >= 0.3 is 0 Å². The van der Waals surface area contributed by atoms with Crippen LogP contribution in [0.15, 0.2) is 18.5 Å². The first-order chi connectivity index (χ1) is 8.59. The number of pyridine rings is 1. The van der Waals surface area contributed by atoms with Crippen LogP contribution in [-0.4, -0.2) is 42.0 Å². The zero-order chi connectivity index (χ0) is 13.1. The number of nitrogens with one attached hydrogen (secondary N) is 1. The average Bonchev–Trinajstić information content (AvgIpc) is 2.77. The van der Waals surface area contributed by atoms with Crippen LogP contribution in [0.1, 0.15) is 29.6 Å². The molecule has 1 aromatic rings. The summed E-state index contributed by atoms with van der Waals surface area (Å²) in [6, 6.07) is 2.27. The highest BCUT2D eigenvalue weighted by molar-refractivity contribution is 6.33. The predicted octanol–water partition coefficient (Wildman–Crippen LogP) is 1.95. The molecule has 0 spiro atoms. The molecule has 1 saturated carbocycles. The van der Waals surface area contributed by atoms with Gasteiger partial charge in [-0.3, -0.25) is 9.78 Å². The van der Waals surface area contributed by atoms with Gasteiger partial charge in [-0.2, -0.15) is 0 Å². The van der Waals surface area contributed by atoms with E-state index in [1.807, 2.05) is 0 Å². The second kappa shape index (κ2) is 5.67. The number of halogens is 1. The Balaban J connectivity index is 2.06. The van der Waals surface area contributed by atoms with E-state index in [0.29, 0.717) is 16.6 Å². The molecular formula is C13H18ClN3O. The monoisotopic (exact) mass is 267 g/mol. The fraction of sp³-hybridized carbons (Fsp3) is 0.538. The number of likely N-dealkylation sites (N-methyl/N-ethyl adjacent to an activating group) is 1. The van der Waals surface area contributed by atoms with Gasteiger partial charge in [-0.05, 0) is 39.4 Å². The summed E-state index contributed by atoms with van der Waals surface area (Å²) < 4.78 is 0. The number of hydrogen-bond acceptors (Lipinski definition) is 3. The first-order valence-electron chi connectivity index (χ1n) is 6.16. The topological polar surface area (TPSA) is 45.2 Å². The molecule has 0 aromatic carbocycles. The van der Waals surface area contributed by atoms with E-state index in [2.05, 4.69) is 29.3 Å². The first-order valence-corrected chi connectivity index (χ1v) is 6.54. The lowest BCUT2D eigenvalue weighted by Gasteiger charge is -2.27. The molecule has 0 saturated heterocycles. The van der Waals surface area contributed by atoms with Gasteiger partial charge in [0.05, 0.1) is 10.6 Å². The third kappa shape index (κ3) is 2.82. The number of amides is 1. The summed E-state index contributed by atoms with van der Waals surface area (Å²) in [4.78, 5) is 18.2. The van der Waals surface area contributed by atoms with E-state index in [4.69, 9.17) is 11.6 Å². The Morgan fingerprint density at radius 3 is 2.94 bits per heavy atom. The smallest absolute Gasteiger partial charge is 0.253 e. The fourth-order valence-corrected chi connectivity index (χ4v) is 2.74. The molecule has 4 nitrogen and oxygen atoms in total. The van der Waals surface area contributed by atoms with Crippen molar-refractivity contribution in [1.82, 2.24) is 15.2 Å². The Morgan fingerprint density at radius 2 is 2.28 bits per heavy atom. The zero-order valence-corrected chi connectivity index (χ0v) is 11.4. The molecule has 5 heteroatoms. The molecule has 1 amide bonds. The van der Waals surface area contributed by atoms with E-state index in [1.165, 1.54) is 6.20 Å². The molecule has 1 N–H and O–H groups in total. The van der Waals surface area contributed by atoms with Crippen molar-refractivity contribution in [2.75, 3.05) is 14.1 Å². The van der Waals surface area contributed by atoms with Gasteiger partial charge in [0.25, 0.3) is 5.91 Å². The lowest BCUT2D eigenvalue weighted by molar-refractivity contribution is 0.0919. The van der Waals surface area contributed by atoms with Crippen LogP contribution in [-0.2, 0) is 0 Å². The largest absolute Gasteiger partial charge is 0.348 e. The maximum atomic E-state index is 12.1. The van der Waals surface area contributed by atoms with E-state index < -0.39 is 0 Å². The molecule has 0 radical (unpaired) electrons. The van der Waals surface area contributed by atoms with Crippen molar-refractivity contribution in [2.24, 2.45) is 0 Å². The molecule has 98 valence electrons. The summed E-state index contributed by atoms with van der Waals surface area (Å²) in [7, 11) is 4.10. The fourth-order valence-electron chi connectivity index (χ4n) is 2.53. The third-order valence-electron chi connectivity index (χ3n) is 3.48. The number of rotatable bonds is 3. The minimum Gasteiger partial charge on any atom is -0.348 e. The van der Waals surface area contributed by atoms with Crippen molar-refractivity contribution in [3.63, 3.8) is 0 Å². The highest BCUT2D eigenvalue weighted by Gasteiger charge is 2.30. The first kappa shape index (κ1) is 13.3. The summed E-state index contributed by atoms with van der Waals surface area (Å²) in [5.74, 6) is -0.110. The van der Waals surface area contributed by atoms with Crippen LogP contribution in [0.4, 0.5) is 0 Å². The van der Waals surface area contributed by atoms with Gasteiger partial charge in [-0.1, -0.05) is 11.6 Å². The summed E-state index contributed by atoms with van der Waals surface area (Å²) in [5.41, 5.74) is 0.496. The third-order valence-corrected chi connectivity index (χ3v) is 3.78. The molecule has 1 aliphatic rings. The van der Waals surface area contributed by atoms with Crippen molar-refractivity contribution in [3.05, 3.63) is 29.0 Å². The van der Waals surface area contributed by atoms with Gasteiger partial charge < -0.3 is 10.2 Å². The second-order valence-electron chi connectivity index (χ2n) is 4.90. The number of carbonyl (C=O) groups excluding carboxylic acids is 1. The van der Waals surface area contributed by atoms with Crippen molar-refractivity contribution in [2.45, 2.75) is 31.3 Å². The summed E-state index contributed by atoms with van der Waals surface area (Å²) in [6.45, 7) is 0. The number of nitrogens with zero attached hydrogens (tertiary/aromatic N) is 2. The molecule has 0 bridgehead atoms. The highest BCUT2D eigenvalue weighted by atomic mass is 35.5. The van der Waals surface area contributed by atoms with Crippen LogP contribution in [0.5, 0.6) is 0 Å². The molecule has 1 fully saturated rings. The average molecular weight is 268 g/mol. The van der Waals surface area contributed by atoms with Crippen molar-refractivity contribution < 1.29 is 4.79 Å². The minimum atomic E-state index is -0.110. The lowest BCUT2D eigenvalue weighted by Crippen LogP contribution is -2.46. The van der Waals surface area contributed by atoms with Crippen molar-refractivity contribution in [1.29, 1.82) is 0 Å². The van der Waals surface area contributed by atoms with Crippen LogP contribution < -0.4 is 5.32 Å². The number of aromatic nitrogens is 1. The van der Waals surface area contributed by atoms with Crippen LogP contribution in [0.2, 0.25) is 5.02 Å². The van der Waals surface area contributed by atoms with Gasteiger partial charge in [-0.25, -0.2) is 0 Å². The SMILES string of the molecule is CN(C)[C@@H]1CCC[C@H]1NC(=O)c1ccncc1Cl. The summed E-state index contributed by atoms with van der Waals surface area (Å²) in [5, 5.41) is 3.47. The predicted molar refractivity (Wildman–Crippen MR) is 71.8 cm³/mol. The van der Waals surface area contributed by atoms with E-state index >= 15 is 0 Å². The minimum absolute atomic E-state index is 0.110. The van der Waals surface area contributed by atoms with Crippen LogP contribution in [0.25, 0.3) is 0 Å². The molecule has 0 unspecified atom stereocenters. The van der Waals surface area contributed by atoms with Gasteiger partial charge in [0.1, 0.15) is 0 Å². The Kier molecular flexibility index (Phi) is 4.19. The Hall–Kier alpha value is -1.13. The Morgan fingerprint density at radius 1 is 1.50 bits per heavy atom. The standard InChI is InChI=1S/C13H18ClN3O/c1-17(2)12-5-3-4-11(12)16-13(18)9-6-7-15-8-10(9)14/h6-8,11-12H,3-5H2,1-2H3,(H,16,18)/t11-,12-/m1/s1. The van der Waals surface area contributed by atoms with Gasteiger partial charge in [0.2, 0.25) is 0 Å². The number of carbonyl (C=O) groups is 1. The molecule has 1 heterocycles. The lowest BCUT2D eigenvalue weighted by atomic mass is 10.1. The zero-order valence-electron chi connectivity index (χ0n) is 10.7. The maximum Gasteiger partial charge on any atom is 0.253 e. The maximum absolute atomic E-state index is 12.1. The van der Waals surface area contributed by atoms with E-state index in [0.717, 1.165) is 19.3 Å². The molecule has 1 aromatic heterocycles. The molecule has 1 aliphatic carbocycles. The highest BCUT2D eigenvalue weighted by Crippen LogP contribution is 2.23. The number of hydrogen-bond donors (Lipinski definition) is 1. The molecule has 18 heavy (non-hydrogen) atoms. The van der Waals surface area contributed by atoms with Crippen LogP contribution in [0, 0.1) is 0 Å². The molecule has 2 rings (SSSR count). The molecule has 2 atom stereocenters. The van der Waals surface area contributed by atoms with Crippen LogP contribution in [0.3, 0.4) is 0 Å². The van der Waals surface area contributed by atoms with Gasteiger partial charge in [0, 0.05) is 24.5 Å². The Bertz CT molecular complexity index is 436. The van der Waals surface area contributed by atoms with E-state index in [-0.39, 0.29) is 11.9 Å². The van der Waals surface area contributed by atoms with Gasteiger partial charge in [0.15, 0.2) is 0 Å². The van der Waals surface area contributed by atoms with Gasteiger partial charge in [-0.15, -0.1) is 0 Å². The summed E-state index contributed by atoms with van der Waals surface area (Å²) >= 11 is 5.97. The second-order valence-corrected chi connectivity index (χ2v) is 5.30. The molecular weight excluding hydrogens is 250 g/mol. The van der Waals surface area contributed by atoms with Crippen molar-refractivity contribution >= 4 is 17.5 Å². The van der Waals surface area contributed by atoms with E-state index in [1.54, 1.807) is 12.3 Å². The van der Waals surface area contributed by atoms with Crippen molar-refractivity contribution in [3.8, 4) is 0 Å². The quantitative estimate of drug-likeness (QED) is 0.910. The molecule has 0 aliphatic heterocycles. The van der Waals surface area contributed by atoms with Crippen LogP contribution >= 0.6 is 11.6 Å². The Labute approximate surface area is 112 Å². The summed E-state index contributed by atoms with van der Waals surface area (Å²) in [6.07, 6.45) is 6.38. The van der Waals surface area contributed by atoms with E-state index in [9.17, 15) is 4.79 Å².